The lowest BCUT2D eigenvalue weighted by Crippen LogP contribution is -2.04. The van der Waals surface area contributed by atoms with Gasteiger partial charge >= 0.3 is 5.97 Å². The molecule has 0 aliphatic rings. The van der Waals surface area contributed by atoms with E-state index in [1.54, 1.807) is 6.08 Å². The van der Waals surface area contributed by atoms with E-state index in [0.29, 0.717) is 0 Å². The number of aliphatic carboxylic acids is 1. The summed E-state index contributed by atoms with van der Waals surface area (Å²) in [4.78, 5) is 10.2. The van der Waals surface area contributed by atoms with Crippen LogP contribution < -0.4 is 0 Å². The van der Waals surface area contributed by atoms with Crippen LogP contribution in [0.4, 0.5) is 0 Å². The van der Waals surface area contributed by atoms with Gasteiger partial charge in [-0.25, -0.2) is 0 Å². The van der Waals surface area contributed by atoms with Crippen LogP contribution in [0.2, 0.25) is 0 Å². The zero-order valence-corrected chi connectivity index (χ0v) is 7.69. The molecule has 2 nitrogen and oxygen atoms in total. The molecule has 0 spiro atoms. The number of halogens is 2. The molecular formula is C7H10Cl2O2. The Morgan fingerprint density at radius 3 is 2.45 bits per heavy atom. The zero-order valence-electron chi connectivity index (χ0n) is 6.18. The topological polar surface area (TPSA) is 37.3 Å². The molecule has 1 N–H and O–H groups in total. The molecule has 0 aliphatic heterocycles. The fourth-order valence-corrected chi connectivity index (χ4v) is 1.08. The van der Waals surface area contributed by atoms with Crippen LogP contribution in [0, 0.1) is 5.92 Å². The Kier molecular flexibility index (Phi) is 5.34. The maximum Gasteiger partial charge on any atom is 0.303 e. The van der Waals surface area contributed by atoms with Gasteiger partial charge in [0.15, 0.2) is 0 Å². The summed E-state index contributed by atoms with van der Waals surface area (Å²) in [5.74, 6) is -0.889. The summed E-state index contributed by atoms with van der Waals surface area (Å²) in [6, 6.07) is 0. The van der Waals surface area contributed by atoms with Crippen molar-refractivity contribution in [2.75, 3.05) is 0 Å². The van der Waals surface area contributed by atoms with E-state index in [2.05, 4.69) is 0 Å². The summed E-state index contributed by atoms with van der Waals surface area (Å²) >= 11 is 10.7. The van der Waals surface area contributed by atoms with E-state index in [-0.39, 0.29) is 16.8 Å². The van der Waals surface area contributed by atoms with Crippen LogP contribution in [0.1, 0.15) is 19.8 Å². The van der Waals surface area contributed by atoms with E-state index in [1.165, 1.54) is 0 Å². The predicted molar refractivity (Wildman–Crippen MR) is 45.8 cm³/mol. The van der Waals surface area contributed by atoms with Crippen LogP contribution in [0.25, 0.3) is 0 Å². The fourth-order valence-electron chi connectivity index (χ4n) is 0.724. The van der Waals surface area contributed by atoms with Gasteiger partial charge in [0.25, 0.3) is 0 Å². The van der Waals surface area contributed by atoms with Crippen molar-refractivity contribution in [1.82, 2.24) is 0 Å². The quantitative estimate of drug-likeness (QED) is 0.752. The van der Waals surface area contributed by atoms with Gasteiger partial charge in [0.1, 0.15) is 4.49 Å². The van der Waals surface area contributed by atoms with Gasteiger partial charge in [-0.3, -0.25) is 4.79 Å². The smallest absolute Gasteiger partial charge is 0.303 e. The summed E-state index contributed by atoms with van der Waals surface area (Å²) in [5, 5.41) is 8.41. The van der Waals surface area contributed by atoms with Crippen LogP contribution >= 0.6 is 23.2 Å². The summed E-state index contributed by atoms with van der Waals surface area (Å²) in [6.07, 6.45) is 2.37. The third kappa shape index (κ3) is 6.20. The van der Waals surface area contributed by atoms with E-state index in [9.17, 15) is 4.79 Å². The zero-order chi connectivity index (χ0) is 8.85. The average molecular weight is 197 g/mol. The second-order valence-corrected chi connectivity index (χ2v) is 3.23. The molecule has 4 heteroatoms. The normalized spacial score (nSPS) is 12.3. The van der Waals surface area contributed by atoms with Gasteiger partial charge in [-0.15, -0.1) is 0 Å². The number of hydrogen-bond donors (Lipinski definition) is 1. The minimum absolute atomic E-state index is 0.0579. The third-order valence-electron chi connectivity index (χ3n) is 1.32. The Morgan fingerprint density at radius 1 is 1.64 bits per heavy atom. The van der Waals surface area contributed by atoms with Gasteiger partial charge < -0.3 is 5.11 Å². The first-order chi connectivity index (χ1) is 5.06. The van der Waals surface area contributed by atoms with Gasteiger partial charge in [0.05, 0.1) is 6.42 Å². The molecule has 0 aromatic heterocycles. The number of carboxylic acid groups (broad SMARTS) is 1. The van der Waals surface area contributed by atoms with E-state index < -0.39 is 5.97 Å². The molecular weight excluding hydrogens is 187 g/mol. The van der Waals surface area contributed by atoms with Crippen molar-refractivity contribution in [1.29, 1.82) is 0 Å². The Labute approximate surface area is 75.8 Å². The number of carboxylic acids is 1. The van der Waals surface area contributed by atoms with Crippen molar-refractivity contribution in [2.45, 2.75) is 19.8 Å². The maximum atomic E-state index is 10.2. The van der Waals surface area contributed by atoms with Gasteiger partial charge in [-0.1, -0.05) is 36.2 Å². The highest BCUT2D eigenvalue weighted by Crippen LogP contribution is 2.16. The molecule has 0 aliphatic carbocycles. The molecule has 0 saturated heterocycles. The number of carbonyl (C=O) groups is 1. The minimum Gasteiger partial charge on any atom is -0.481 e. The minimum atomic E-state index is -0.831. The van der Waals surface area contributed by atoms with Gasteiger partial charge in [0, 0.05) is 0 Å². The highest BCUT2D eigenvalue weighted by molar-refractivity contribution is 6.55. The second kappa shape index (κ2) is 5.44. The van der Waals surface area contributed by atoms with Gasteiger partial charge in [-0.2, -0.15) is 0 Å². The van der Waals surface area contributed by atoms with Crippen LogP contribution in [0.15, 0.2) is 10.6 Å². The van der Waals surface area contributed by atoms with Crippen molar-refractivity contribution in [3.63, 3.8) is 0 Å². The highest BCUT2D eigenvalue weighted by atomic mass is 35.5. The Hall–Kier alpha value is -0.210. The molecule has 0 heterocycles. The van der Waals surface area contributed by atoms with E-state index >= 15 is 0 Å². The first-order valence-electron chi connectivity index (χ1n) is 3.30. The second-order valence-electron chi connectivity index (χ2n) is 2.22. The lowest BCUT2D eigenvalue weighted by Gasteiger charge is -2.04. The monoisotopic (exact) mass is 196 g/mol. The summed E-state index contributed by atoms with van der Waals surface area (Å²) < 4.78 is 0.137. The molecule has 64 valence electrons. The SMILES string of the molecule is CCC(C=C(Cl)Cl)CC(=O)O. The van der Waals surface area contributed by atoms with E-state index in [0.717, 1.165) is 6.42 Å². The fraction of sp³-hybridized carbons (Fsp3) is 0.571. The standard InChI is InChI=1S/C7H10Cl2O2/c1-2-5(3-6(8)9)4-7(10)11/h3,5H,2,4H2,1H3,(H,10,11). The van der Waals surface area contributed by atoms with Gasteiger partial charge in [0.2, 0.25) is 0 Å². The van der Waals surface area contributed by atoms with Crippen molar-refractivity contribution in [2.24, 2.45) is 5.92 Å². The molecule has 0 saturated carbocycles. The van der Waals surface area contributed by atoms with Crippen molar-refractivity contribution >= 4 is 29.2 Å². The first kappa shape index (κ1) is 10.8. The molecule has 0 rings (SSSR count). The molecule has 1 unspecified atom stereocenters. The van der Waals surface area contributed by atoms with Crippen LogP contribution in [-0.4, -0.2) is 11.1 Å². The van der Waals surface area contributed by atoms with Crippen molar-refractivity contribution < 1.29 is 9.90 Å². The van der Waals surface area contributed by atoms with Crippen LogP contribution in [0.5, 0.6) is 0 Å². The molecule has 0 aromatic rings. The highest BCUT2D eigenvalue weighted by Gasteiger charge is 2.08. The van der Waals surface area contributed by atoms with E-state index in [4.69, 9.17) is 28.3 Å². The van der Waals surface area contributed by atoms with Crippen LogP contribution in [0.3, 0.4) is 0 Å². The summed E-state index contributed by atoms with van der Waals surface area (Å²) in [7, 11) is 0. The number of rotatable bonds is 4. The van der Waals surface area contributed by atoms with Crippen molar-refractivity contribution in [3.05, 3.63) is 10.6 Å². The molecule has 1 atom stereocenters. The molecule has 0 amide bonds. The largest absolute Gasteiger partial charge is 0.481 e. The molecule has 11 heavy (non-hydrogen) atoms. The lowest BCUT2D eigenvalue weighted by molar-refractivity contribution is -0.137. The Bertz CT molecular complexity index is 162. The number of allylic oxidation sites excluding steroid dienone is 1. The number of hydrogen-bond acceptors (Lipinski definition) is 1. The maximum absolute atomic E-state index is 10.2. The molecule has 0 radical (unpaired) electrons. The average Bonchev–Trinajstić information content (AvgIpc) is 1.84. The molecule has 0 fully saturated rings. The van der Waals surface area contributed by atoms with E-state index in [1.807, 2.05) is 6.92 Å². The molecule has 0 aromatic carbocycles. The Balaban J connectivity index is 3.96. The lowest BCUT2D eigenvalue weighted by atomic mass is 10.0. The molecule has 0 bridgehead atoms. The Morgan fingerprint density at radius 2 is 2.18 bits per heavy atom. The predicted octanol–water partition coefficient (Wildman–Crippen LogP) is 2.81. The van der Waals surface area contributed by atoms with Crippen molar-refractivity contribution in [3.8, 4) is 0 Å². The third-order valence-corrected chi connectivity index (χ3v) is 1.57. The summed E-state index contributed by atoms with van der Waals surface area (Å²) in [5.41, 5.74) is 0. The van der Waals surface area contributed by atoms with Gasteiger partial charge in [-0.05, 0) is 12.3 Å². The van der Waals surface area contributed by atoms with Crippen LogP contribution in [-0.2, 0) is 4.79 Å². The summed E-state index contributed by atoms with van der Waals surface area (Å²) in [6.45, 7) is 1.89. The first-order valence-corrected chi connectivity index (χ1v) is 4.06.